The van der Waals surface area contributed by atoms with E-state index >= 15 is 0 Å². The molecule has 3 aromatic heterocycles. The average molecular weight is 332 g/mol. The molecule has 25 heavy (non-hydrogen) atoms. The number of nitrogens with zero attached hydrogens (tertiary/aromatic N) is 5. The number of imidazole rings is 1. The lowest BCUT2D eigenvalue weighted by molar-refractivity contribution is 0.0956. The number of aryl methyl sites for hydroxylation is 2. The first-order chi connectivity index (χ1) is 12.2. The first kappa shape index (κ1) is 15.1. The van der Waals surface area contributed by atoms with Gasteiger partial charge in [-0.3, -0.25) is 9.78 Å². The van der Waals surface area contributed by atoms with Gasteiger partial charge in [-0.15, -0.1) is 0 Å². The average Bonchev–Trinajstić information content (AvgIpc) is 3.11. The largest absolute Gasteiger partial charge is 0.327 e. The standard InChI is InChI=1S/C18H16N6O/c1-12-16(17(25)21-20-11-13-6-5-9-19-10-13)18-23(2)14-7-3-4-8-15(14)24(18)22-12/h3-11H,1-2H3,(H,21,25)/b20-11+. The number of rotatable bonds is 3. The van der Waals surface area contributed by atoms with Crippen molar-refractivity contribution in [2.24, 2.45) is 12.1 Å². The highest BCUT2D eigenvalue weighted by atomic mass is 16.2. The predicted octanol–water partition coefficient (Wildman–Crippen LogP) is 2.29. The molecule has 0 spiro atoms. The zero-order valence-corrected chi connectivity index (χ0v) is 13.8. The molecule has 3 heterocycles. The Labute approximate surface area is 143 Å². The van der Waals surface area contributed by atoms with Crippen LogP contribution in [0, 0.1) is 6.92 Å². The molecule has 0 saturated carbocycles. The SMILES string of the molecule is Cc1nn2c3ccccc3n(C)c2c1C(=O)N/N=C/c1cccnc1. The minimum atomic E-state index is -0.293. The van der Waals surface area contributed by atoms with Crippen molar-refractivity contribution in [3.63, 3.8) is 0 Å². The Morgan fingerprint density at radius 1 is 1.20 bits per heavy atom. The molecule has 0 aliphatic heterocycles. The summed E-state index contributed by atoms with van der Waals surface area (Å²) < 4.78 is 3.76. The van der Waals surface area contributed by atoms with Crippen molar-refractivity contribution in [3.8, 4) is 0 Å². The van der Waals surface area contributed by atoms with Crippen molar-refractivity contribution < 1.29 is 4.79 Å². The Morgan fingerprint density at radius 2 is 2.00 bits per heavy atom. The van der Waals surface area contributed by atoms with Crippen molar-refractivity contribution in [2.45, 2.75) is 6.92 Å². The quantitative estimate of drug-likeness (QED) is 0.462. The number of hydrogen-bond acceptors (Lipinski definition) is 4. The molecule has 1 N–H and O–H groups in total. The van der Waals surface area contributed by atoms with Crippen LogP contribution in [0.15, 0.2) is 53.9 Å². The van der Waals surface area contributed by atoms with Gasteiger partial charge >= 0.3 is 0 Å². The van der Waals surface area contributed by atoms with Gasteiger partial charge in [0.15, 0.2) is 0 Å². The highest BCUT2D eigenvalue weighted by molar-refractivity contribution is 6.03. The second-order valence-corrected chi connectivity index (χ2v) is 5.73. The fourth-order valence-corrected chi connectivity index (χ4v) is 2.97. The topological polar surface area (TPSA) is 76.6 Å². The molecule has 7 heteroatoms. The summed E-state index contributed by atoms with van der Waals surface area (Å²) in [7, 11) is 1.93. The van der Waals surface area contributed by atoms with Gasteiger partial charge in [-0.05, 0) is 25.1 Å². The Kier molecular flexibility index (Phi) is 3.53. The maximum Gasteiger partial charge on any atom is 0.277 e. The Morgan fingerprint density at radius 3 is 2.76 bits per heavy atom. The van der Waals surface area contributed by atoms with E-state index in [9.17, 15) is 4.79 Å². The molecule has 0 aliphatic carbocycles. The molecule has 4 aromatic rings. The van der Waals surface area contributed by atoms with E-state index in [4.69, 9.17) is 0 Å². The lowest BCUT2D eigenvalue weighted by Gasteiger charge is -2.01. The third-order valence-corrected chi connectivity index (χ3v) is 4.12. The fraction of sp³-hybridized carbons (Fsp3) is 0.111. The van der Waals surface area contributed by atoms with E-state index in [1.807, 2.05) is 54.9 Å². The van der Waals surface area contributed by atoms with E-state index in [1.165, 1.54) is 0 Å². The summed E-state index contributed by atoms with van der Waals surface area (Å²) in [5.74, 6) is -0.293. The molecule has 1 amide bonds. The van der Waals surface area contributed by atoms with Crippen LogP contribution in [0.5, 0.6) is 0 Å². The minimum Gasteiger partial charge on any atom is -0.327 e. The van der Waals surface area contributed by atoms with Gasteiger partial charge in [-0.25, -0.2) is 9.94 Å². The fourth-order valence-electron chi connectivity index (χ4n) is 2.97. The summed E-state index contributed by atoms with van der Waals surface area (Å²) in [6.07, 6.45) is 4.91. The Bertz CT molecular complexity index is 1110. The van der Waals surface area contributed by atoms with Crippen molar-refractivity contribution >= 4 is 28.8 Å². The van der Waals surface area contributed by atoms with Crippen molar-refractivity contribution in [3.05, 3.63) is 65.6 Å². The summed E-state index contributed by atoms with van der Waals surface area (Å²) in [5, 5.41) is 8.54. The number of pyridine rings is 1. The summed E-state index contributed by atoms with van der Waals surface area (Å²) in [5.41, 5.74) is 7.27. The van der Waals surface area contributed by atoms with Crippen LogP contribution < -0.4 is 5.43 Å². The second-order valence-electron chi connectivity index (χ2n) is 5.73. The van der Waals surface area contributed by atoms with E-state index in [-0.39, 0.29) is 5.91 Å². The second kappa shape index (κ2) is 5.86. The third kappa shape index (κ3) is 2.46. The van der Waals surface area contributed by atoms with Gasteiger partial charge in [0.25, 0.3) is 5.91 Å². The molecule has 0 bridgehead atoms. The predicted molar refractivity (Wildman–Crippen MR) is 95.7 cm³/mol. The van der Waals surface area contributed by atoms with Crippen LogP contribution in [0.25, 0.3) is 16.7 Å². The number of carbonyl (C=O) groups excluding carboxylic acids is 1. The Balaban J connectivity index is 1.72. The van der Waals surface area contributed by atoms with Crippen molar-refractivity contribution in [2.75, 3.05) is 0 Å². The first-order valence-electron chi connectivity index (χ1n) is 7.83. The van der Waals surface area contributed by atoms with E-state index in [1.54, 1.807) is 23.1 Å². The number of hydrazone groups is 1. The third-order valence-electron chi connectivity index (χ3n) is 4.12. The number of amides is 1. The number of benzene rings is 1. The maximum absolute atomic E-state index is 12.7. The van der Waals surface area contributed by atoms with E-state index < -0.39 is 0 Å². The summed E-state index contributed by atoms with van der Waals surface area (Å²) in [4.78, 5) is 16.7. The molecule has 4 rings (SSSR count). The number of hydrogen-bond donors (Lipinski definition) is 1. The molecule has 0 aliphatic rings. The molecule has 7 nitrogen and oxygen atoms in total. The number of aromatic nitrogens is 4. The van der Waals surface area contributed by atoms with Crippen LogP contribution in [0.4, 0.5) is 0 Å². The molecule has 0 radical (unpaired) electrons. The molecule has 0 saturated heterocycles. The highest BCUT2D eigenvalue weighted by Crippen LogP contribution is 2.24. The minimum absolute atomic E-state index is 0.293. The van der Waals surface area contributed by atoms with Gasteiger partial charge in [0.1, 0.15) is 11.2 Å². The zero-order valence-electron chi connectivity index (χ0n) is 13.8. The smallest absolute Gasteiger partial charge is 0.277 e. The Hall–Kier alpha value is -3.48. The maximum atomic E-state index is 12.7. The molecule has 1 aromatic carbocycles. The molecular weight excluding hydrogens is 316 g/mol. The van der Waals surface area contributed by atoms with Gasteiger partial charge in [0.2, 0.25) is 0 Å². The van der Waals surface area contributed by atoms with Crippen LogP contribution in [-0.4, -0.2) is 31.3 Å². The lowest BCUT2D eigenvalue weighted by atomic mass is 10.2. The van der Waals surface area contributed by atoms with Crippen LogP contribution in [-0.2, 0) is 7.05 Å². The summed E-state index contributed by atoms with van der Waals surface area (Å²) >= 11 is 0. The lowest BCUT2D eigenvalue weighted by Crippen LogP contribution is -2.19. The van der Waals surface area contributed by atoms with Crippen LogP contribution in [0.3, 0.4) is 0 Å². The molecule has 0 fully saturated rings. The molecular formula is C18H16N6O. The molecule has 0 unspecified atom stereocenters. The van der Waals surface area contributed by atoms with Gasteiger partial charge in [0.05, 0.1) is 22.9 Å². The number of fused-ring (bicyclic) bond motifs is 3. The molecule has 124 valence electrons. The van der Waals surface area contributed by atoms with Crippen LogP contribution >= 0.6 is 0 Å². The highest BCUT2D eigenvalue weighted by Gasteiger charge is 2.21. The molecule has 0 atom stereocenters. The van der Waals surface area contributed by atoms with E-state index in [0.717, 1.165) is 22.2 Å². The van der Waals surface area contributed by atoms with E-state index in [0.29, 0.717) is 11.3 Å². The summed E-state index contributed by atoms with van der Waals surface area (Å²) in [6, 6.07) is 11.6. The number of nitrogens with one attached hydrogen (secondary N) is 1. The summed E-state index contributed by atoms with van der Waals surface area (Å²) in [6.45, 7) is 1.82. The van der Waals surface area contributed by atoms with E-state index in [2.05, 4.69) is 20.6 Å². The monoisotopic (exact) mass is 332 g/mol. The van der Waals surface area contributed by atoms with Gasteiger partial charge in [-0.1, -0.05) is 18.2 Å². The zero-order chi connectivity index (χ0) is 17.4. The van der Waals surface area contributed by atoms with Crippen LogP contribution in [0.2, 0.25) is 0 Å². The van der Waals surface area contributed by atoms with Gasteiger partial charge in [0, 0.05) is 25.0 Å². The van der Waals surface area contributed by atoms with Crippen molar-refractivity contribution in [1.29, 1.82) is 0 Å². The first-order valence-corrected chi connectivity index (χ1v) is 7.83. The normalized spacial score (nSPS) is 11.6. The van der Waals surface area contributed by atoms with Gasteiger partial charge < -0.3 is 4.57 Å². The van der Waals surface area contributed by atoms with Gasteiger partial charge in [-0.2, -0.15) is 10.2 Å². The van der Waals surface area contributed by atoms with Crippen molar-refractivity contribution in [1.82, 2.24) is 24.6 Å². The number of carbonyl (C=O) groups is 1. The number of para-hydroxylation sites is 2. The van der Waals surface area contributed by atoms with Crippen LogP contribution in [0.1, 0.15) is 21.6 Å².